The van der Waals surface area contributed by atoms with E-state index in [0.717, 1.165) is 0 Å². The first-order valence-corrected chi connectivity index (χ1v) is 8.44. The summed E-state index contributed by atoms with van der Waals surface area (Å²) in [7, 11) is 0. The number of hydrogen-bond donors (Lipinski definition) is 3. The smallest absolute Gasteiger partial charge is 0.288 e. The largest absolute Gasteiger partial charge is 0.459 e. The van der Waals surface area contributed by atoms with Crippen LogP contribution in [0.5, 0.6) is 0 Å². The van der Waals surface area contributed by atoms with E-state index >= 15 is 0 Å². The van der Waals surface area contributed by atoms with Gasteiger partial charge in [0.25, 0.3) is 11.6 Å². The Morgan fingerprint density at radius 3 is 2.54 bits per heavy atom. The molecule has 0 aliphatic carbocycles. The molecule has 0 unspecified atom stereocenters. The lowest BCUT2D eigenvalue weighted by atomic mass is 10.3. The van der Waals surface area contributed by atoms with Crippen molar-refractivity contribution in [3.63, 3.8) is 0 Å². The summed E-state index contributed by atoms with van der Waals surface area (Å²) in [5, 5.41) is 18.5. The van der Waals surface area contributed by atoms with Crippen molar-refractivity contribution >= 4 is 69.4 Å². The van der Waals surface area contributed by atoms with Gasteiger partial charge >= 0.3 is 0 Å². The number of carbonyl (C=O) groups excluding carboxylic acids is 1. The number of alkyl halides is 3. The number of amides is 1. The number of nitro groups is 1. The third-order valence-electron chi connectivity index (χ3n) is 2.94. The van der Waals surface area contributed by atoms with E-state index in [0.29, 0.717) is 5.69 Å². The van der Waals surface area contributed by atoms with Crippen molar-refractivity contribution in [2.75, 3.05) is 5.32 Å². The van der Waals surface area contributed by atoms with Gasteiger partial charge in [-0.1, -0.05) is 40.9 Å². The number of carbonyl (C=O) groups is 1. The van der Waals surface area contributed by atoms with Crippen LogP contribution in [0.2, 0.25) is 0 Å². The molecular formula is C14H11Cl3N4O4S. The lowest BCUT2D eigenvalue weighted by molar-refractivity contribution is -0.384. The number of rotatable bonds is 5. The Morgan fingerprint density at radius 2 is 1.96 bits per heavy atom. The van der Waals surface area contributed by atoms with E-state index < -0.39 is 20.8 Å². The number of benzene rings is 1. The molecule has 2 rings (SSSR count). The topological polar surface area (TPSA) is 109 Å². The molecule has 0 spiro atoms. The minimum Gasteiger partial charge on any atom is -0.459 e. The number of thiocarbonyl (C=S) groups is 1. The zero-order valence-electron chi connectivity index (χ0n) is 12.7. The zero-order chi connectivity index (χ0) is 19.3. The van der Waals surface area contributed by atoms with Crippen LogP contribution in [0.1, 0.15) is 10.6 Å². The van der Waals surface area contributed by atoms with Gasteiger partial charge in [0.1, 0.15) is 6.17 Å². The number of nitrogens with one attached hydrogen (secondary N) is 3. The number of halogens is 3. The fraction of sp³-hybridized carbons (Fsp3) is 0.143. The Kier molecular flexibility index (Phi) is 6.65. The van der Waals surface area contributed by atoms with E-state index in [9.17, 15) is 14.9 Å². The molecule has 12 heteroatoms. The molecule has 3 N–H and O–H groups in total. The molecule has 0 aliphatic rings. The highest BCUT2D eigenvalue weighted by atomic mass is 35.6. The van der Waals surface area contributed by atoms with Gasteiger partial charge in [-0.05, 0) is 30.4 Å². The average Bonchev–Trinajstić information content (AvgIpc) is 3.08. The summed E-state index contributed by atoms with van der Waals surface area (Å²) in [5.41, 5.74) is 0.221. The Labute approximate surface area is 167 Å². The van der Waals surface area contributed by atoms with E-state index in [1.807, 2.05) is 0 Å². The summed E-state index contributed by atoms with van der Waals surface area (Å²) < 4.78 is 3.02. The van der Waals surface area contributed by atoms with E-state index in [1.54, 1.807) is 6.07 Å². The van der Waals surface area contributed by atoms with Crippen LogP contribution in [0.3, 0.4) is 0 Å². The normalized spacial score (nSPS) is 12.1. The second-order valence-electron chi connectivity index (χ2n) is 4.83. The lowest BCUT2D eigenvalue weighted by Crippen LogP contribution is -2.56. The molecule has 0 radical (unpaired) electrons. The summed E-state index contributed by atoms with van der Waals surface area (Å²) in [5.74, 6) is -0.611. The molecule has 8 nitrogen and oxygen atoms in total. The van der Waals surface area contributed by atoms with Crippen LogP contribution in [-0.4, -0.2) is 25.9 Å². The monoisotopic (exact) mass is 436 g/mol. The minimum absolute atomic E-state index is 0.0172. The summed E-state index contributed by atoms with van der Waals surface area (Å²) in [4.78, 5) is 22.3. The number of nitrogens with zero attached hydrogens (tertiary/aromatic N) is 1. The molecule has 0 fully saturated rings. The van der Waals surface area contributed by atoms with Crippen LogP contribution in [0, 0.1) is 10.1 Å². The van der Waals surface area contributed by atoms with Gasteiger partial charge in [0.05, 0.1) is 11.2 Å². The fourth-order valence-electron chi connectivity index (χ4n) is 1.81. The summed E-state index contributed by atoms with van der Waals surface area (Å²) in [6.07, 6.45) is 0.116. The Morgan fingerprint density at radius 1 is 1.23 bits per heavy atom. The standard InChI is InChI=1S/C14H11Cl3N4O4S/c15-14(16,17)12(19-11(22)10-5-2-6-25-10)20-13(26)18-8-3-1-4-9(7-8)21(23)24/h1-7,12H,(H,19,22)(H2,18,20,26)/t12-/m0/s1. The van der Waals surface area contributed by atoms with Gasteiger partial charge in [0.2, 0.25) is 3.79 Å². The molecule has 0 aliphatic heterocycles. The van der Waals surface area contributed by atoms with Gasteiger partial charge in [-0.25, -0.2) is 0 Å². The van der Waals surface area contributed by atoms with Crippen molar-refractivity contribution in [3.05, 3.63) is 58.5 Å². The van der Waals surface area contributed by atoms with Crippen molar-refractivity contribution in [2.45, 2.75) is 9.96 Å². The van der Waals surface area contributed by atoms with E-state index in [1.165, 1.54) is 36.6 Å². The van der Waals surface area contributed by atoms with Crippen LogP contribution in [0.4, 0.5) is 11.4 Å². The highest BCUT2D eigenvalue weighted by Crippen LogP contribution is 2.29. The minimum atomic E-state index is -1.95. The Hall–Kier alpha value is -2.07. The van der Waals surface area contributed by atoms with Crippen molar-refractivity contribution in [3.8, 4) is 0 Å². The molecule has 1 aromatic heterocycles. The third kappa shape index (κ3) is 5.73. The van der Waals surface area contributed by atoms with Gasteiger partial charge < -0.3 is 20.4 Å². The van der Waals surface area contributed by atoms with Crippen LogP contribution >= 0.6 is 47.0 Å². The Balaban J connectivity index is 2.06. The molecule has 0 bridgehead atoms. The van der Waals surface area contributed by atoms with Crippen molar-refractivity contribution < 1.29 is 14.1 Å². The Bertz CT molecular complexity index is 811. The maximum atomic E-state index is 12.1. The highest BCUT2D eigenvalue weighted by molar-refractivity contribution is 7.80. The van der Waals surface area contributed by atoms with Crippen LogP contribution in [0.15, 0.2) is 47.1 Å². The quantitative estimate of drug-likeness (QED) is 0.215. The van der Waals surface area contributed by atoms with Gasteiger partial charge in [0, 0.05) is 17.8 Å². The predicted molar refractivity (Wildman–Crippen MR) is 103 cm³/mol. The van der Waals surface area contributed by atoms with E-state index in [2.05, 4.69) is 16.0 Å². The summed E-state index contributed by atoms with van der Waals surface area (Å²) in [6.45, 7) is 0. The van der Waals surface area contributed by atoms with Gasteiger partial charge in [-0.3, -0.25) is 14.9 Å². The van der Waals surface area contributed by atoms with Crippen molar-refractivity contribution in [1.29, 1.82) is 0 Å². The van der Waals surface area contributed by atoms with E-state index in [4.69, 9.17) is 51.4 Å². The molecule has 2 aromatic rings. The SMILES string of the molecule is O=C(N[C@@H](NC(=S)Nc1cccc([N+](=O)[O-])c1)C(Cl)(Cl)Cl)c1ccco1. The number of non-ortho nitro benzene ring substituents is 1. The maximum absolute atomic E-state index is 12.1. The summed E-state index contributed by atoms with van der Waals surface area (Å²) in [6, 6.07) is 8.61. The van der Waals surface area contributed by atoms with Crippen LogP contribution in [-0.2, 0) is 0 Å². The molecule has 0 saturated carbocycles. The third-order valence-corrected chi connectivity index (χ3v) is 3.81. The highest BCUT2D eigenvalue weighted by Gasteiger charge is 2.35. The molecular weight excluding hydrogens is 427 g/mol. The molecule has 1 aromatic carbocycles. The lowest BCUT2D eigenvalue weighted by Gasteiger charge is -2.27. The van der Waals surface area contributed by atoms with Crippen LogP contribution in [0.25, 0.3) is 0 Å². The molecule has 0 saturated heterocycles. The predicted octanol–water partition coefficient (Wildman–Crippen LogP) is 3.60. The molecule has 1 amide bonds. The van der Waals surface area contributed by atoms with Crippen molar-refractivity contribution in [1.82, 2.24) is 10.6 Å². The van der Waals surface area contributed by atoms with E-state index in [-0.39, 0.29) is 16.6 Å². The molecule has 138 valence electrons. The van der Waals surface area contributed by atoms with Crippen molar-refractivity contribution in [2.24, 2.45) is 0 Å². The zero-order valence-corrected chi connectivity index (χ0v) is 15.8. The number of hydrogen-bond acceptors (Lipinski definition) is 5. The maximum Gasteiger partial charge on any atom is 0.288 e. The number of furan rings is 1. The van der Waals surface area contributed by atoms with Gasteiger partial charge in [-0.15, -0.1) is 0 Å². The first kappa shape index (κ1) is 20.2. The van der Waals surface area contributed by atoms with Gasteiger partial charge in [0.15, 0.2) is 10.9 Å². The first-order chi connectivity index (χ1) is 12.2. The molecule has 26 heavy (non-hydrogen) atoms. The molecule has 1 heterocycles. The van der Waals surface area contributed by atoms with Gasteiger partial charge in [-0.2, -0.15) is 0 Å². The fourth-order valence-corrected chi connectivity index (χ4v) is 2.37. The second kappa shape index (κ2) is 8.54. The average molecular weight is 438 g/mol. The summed E-state index contributed by atoms with van der Waals surface area (Å²) >= 11 is 22.7. The molecule has 1 atom stereocenters. The first-order valence-electron chi connectivity index (χ1n) is 6.90. The number of anilines is 1. The second-order valence-corrected chi connectivity index (χ2v) is 7.61. The number of nitro benzene ring substituents is 1. The van der Waals surface area contributed by atoms with Crippen LogP contribution < -0.4 is 16.0 Å².